The van der Waals surface area contributed by atoms with Crippen molar-refractivity contribution >= 4 is 28.2 Å². The van der Waals surface area contributed by atoms with Crippen LogP contribution in [0.25, 0.3) is 32.0 Å². The quantitative estimate of drug-likeness (QED) is 0.447. The zero-order valence-corrected chi connectivity index (χ0v) is 18.7. The summed E-state index contributed by atoms with van der Waals surface area (Å²) in [6.45, 7) is 6.21. The molecular weight excluding hydrogens is 424 g/mol. The van der Waals surface area contributed by atoms with E-state index in [9.17, 15) is 4.79 Å². The van der Waals surface area contributed by atoms with Gasteiger partial charge in [0.15, 0.2) is 5.69 Å². The van der Waals surface area contributed by atoms with E-state index in [1.54, 1.807) is 0 Å². The minimum Gasteiger partial charge on any atom is -0.460 e. The molecule has 1 aliphatic heterocycles. The Hall–Kier alpha value is -3.07. The van der Waals surface area contributed by atoms with Crippen molar-refractivity contribution < 1.29 is 14.3 Å². The van der Waals surface area contributed by atoms with Crippen LogP contribution in [0.3, 0.4) is 0 Å². The number of para-hydroxylation sites is 1. The second kappa shape index (κ2) is 9.20. The lowest BCUT2D eigenvalue weighted by Crippen LogP contribution is -2.38. The Morgan fingerprint density at radius 2 is 1.97 bits per heavy atom. The van der Waals surface area contributed by atoms with Crippen molar-refractivity contribution in [2.24, 2.45) is 0 Å². The van der Waals surface area contributed by atoms with Gasteiger partial charge < -0.3 is 9.47 Å². The van der Waals surface area contributed by atoms with E-state index >= 15 is 0 Å². The average molecular weight is 449 g/mol. The molecule has 3 heterocycles. The highest BCUT2D eigenvalue weighted by Gasteiger charge is 2.24. The monoisotopic (exact) mass is 448 g/mol. The van der Waals surface area contributed by atoms with Gasteiger partial charge in [-0.15, -0.1) is 11.3 Å². The lowest BCUT2D eigenvalue weighted by molar-refractivity contribution is 0.0194. The third-order valence-corrected chi connectivity index (χ3v) is 6.72. The lowest BCUT2D eigenvalue weighted by atomic mass is 10.1. The Kier molecular flexibility index (Phi) is 5.98. The van der Waals surface area contributed by atoms with Gasteiger partial charge in [0.05, 0.1) is 23.6 Å². The molecule has 2 aromatic heterocycles. The largest absolute Gasteiger partial charge is 0.460 e. The SMILES string of the molecule is Cc1cccc2c(-c3nc(C(=O)OCCN4CCOCC4)c(-c4ccccc4)s3)[nH]nc12. The third kappa shape index (κ3) is 4.17. The van der Waals surface area contributed by atoms with E-state index < -0.39 is 5.97 Å². The van der Waals surface area contributed by atoms with Gasteiger partial charge in [-0.1, -0.05) is 48.5 Å². The summed E-state index contributed by atoms with van der Waals surface area (Å²) in [6.07, 6.45) is 0. The number of H-pyrrole nitrogens is 1. The molecule has 4 aromatic rings. The van der Waals surface area contributed by atoms with Crippen molar-refractivity contribution in [3.8, 4) is 21.1 Å². The molecule has 1 fully saturated rings. The first-order valence-corrected chi connectivity index (χ1v) is 11.5. The van der Waals surface area contributed by atoms with Gasteiger partial charge in [-0.05, 0) is 18.1 Å². The van der Waals surface area contributed by atoms with Crippen LogP contribution in [0, 0.1) is 6.92 Å². The number of ether oxygens (including phenoxy) is 2. The molecule has 8 heteroatoms. The maximum Gasteiger partial charge on any atom is 0.358 e. The zero-order valence-electron chi connectivity index (χ0n) is 17.8. The third-order valence-electron chi connectivity index (χ3n) is 5.60. The Morgan fingerprint density at radius 3 is 2.78 bits per heavy atom. The number of esters is 1. The van der Waals surface area contributed by atoms with Crippen LogP contribution < -0.4 is 0 Å². The molecular formula is C24H24N4O3S. The molecule has 0 amide bonds. The minimum absolute atomic E-state index is 0.326. The number of nitrogens with zero attached hydrogens (tertiary/aromatic N) is 3. The number of aryl methyl sites for hydroxylation is 1. The molecule has 0 spiro atoms. The van der Waals surface area contributed by atoms with Gasteiger partial charge in [0.25, 0.3) is 0 Å². The van der Waals surface area contributed by atoms with Crippen molar-refractivity contribution in [2.45, 2.75) is 6.92 Å². The predicted molar refractivity (Wildman–Crippen MR) is 125 cm³/mol. The maximum atomic E-state index is 13.0. The Labute approximate surface area is 190 Å². The number of carbonyl (C=O) groups is 1. The highest BCUT2D eigenvalue weighted by atomic mass is 32.1. The summed E-state index contributed by atoms with van der Waals surface area (Å²) in [7, 11) is 0. The lowest BCUT2D eigenvalue weighted by Gasteiger charge is -2.26. The van der Waals surface area contributed by atoms with Crippen LogP contribution in [0.2, 0.25) is 0 Å². The van der Waals surface area contributed by atoms with E-state index in [1.165, 1.54) is 11.3 Å². The van der Waals surface area contributed by atoms with Crippen LogP contribution in [0.4, 0.5) is 0 Å². The number of thiazole rings is 1. The number of hydrogen-bond acceptors (Lipinski definition) is 7. The van der Waals surface area contributed by atoms with Crippen LogP contribution in [0.5, 0.6) is 0 Å². The molecule has 7 nitrogen and oxygen atoms in total. The molecule has 1 N–H and O–H groups in total. The van der Waals surface area contributed by atoms with E-state index in [4.69, 9.17) is 14.5 Å². The van der Waals surface area contributed by atoms with Crippen molar-refractivity contribution in [1.29, 1.82) is 0 Å². The van der Waals surface area contributed by atoms with Crippen LogP contribution in [0.1, 0.15) is 16.1 Å². The fourth-order valence-electron chi connectivity index (χ4n) is 3.86. The molecule has 1 saturated heterocycles. The van der Waals surface area contributed by atoms with E-state index in [0.29, 0.717) is 18.8 Å². The molecule has 164 valence electrons. The van der Waals surface area contributed by atoms with Gasteiger partial charge in [0.2, 0.25) is 0 Å². The fourth-order valence-corrected chi connectivity index (χ4v) is 4.92. The number of benzene rings is 2. The van der Waals surface area contributed by atoms with Gasteiger partial charge in [0.1, 0.15) is 17.3 Å². The summed E-state index contributed by atoms with van der Waals surface area (Å²) < 4.78 is 11.0. The molecule has 0 unspecified atom stereocenters. The van der Waals surface area contributed by atoms with Crippen LogP contribution in [-0.2, 0) is 9.47 Å². The Morgan fingerprint density at radius 1 is 1.16 bits per heavy atom. The minimum atomic E-state index is -0.403. The highest BCUT2D eigenvalue weighted by molar-refractivity contribution is 7.18. The van der Waals surface area contributed by atoms with Gasteiger partial charge in [-0.2, -0.15) is 5.10 Å². The van der Waals surface area contributed by atoms with Crippen LogP contribution >= 0.6 is 11.3 Å². The number of nitrogens with one attached hydrogen (secondary N) is 1. The number of carbonyl (C=O) groups excluding carboxylic acids is 1. The number of aromatic amines is 1. The number of morpholine rings is 1. The molecule has 0 radical (unpaired) electrons. The zero-order chi connectivity index (χ0) is 21.9. The van der Waals surface area contributed by atoms with Crippen molar-refractivity contribution in [1.82, 2.24) is 20.1 Å². The summed E-state index contributed by atoms with van der Waals surface area (Å²) in [5.74, 6) is -0.403. The number of rotatable bonds is 6. The Bertz CT molecular complexity index is 1230. The summed E-state index contributed by atoms with van der Waals surface area (Å²) >= 11 is 1.47. The van der Waals surface area contributed by atoms with E-state index in [1.807, 2.05) is 55.5 Å². The first kappa shape index (κ1) is 20.8. The van der Waals surface area contributed by atoms with Gasteiger partial charge >= 0.3 is 5.97 Å². The molecule has 0 atom stereocenters. The van der Waals surface area contributed by atoms with Gasteiger partial charge in [-0.3, -0.25) is 10.00 Å². The topological polar surface area (TPSA) is 80.3 Å². The van der Waals surface area contributed by atoms with E-state index in [2.05, 4.69) is 15.1 Å². The molecule has 0 saturated carbocycles. The molecule has 2 aromatic carbocycles. The smallest absolute Gasteiger partial charge is 0.358 e. The standard InChI is InChI=1S/C24H24N4O3S/c1-16-6-5-9-18-19(16)26-27-20(18)23-25-21(22(32-23)17-7-3-2-4-8-17)24(29)31-15-12-28-10-13-30-14-11-28/h2-9H,10-15H2,1H3,(H,26,27). The van der Waals surface area contributed by atoms with Gasteiger partial charge in [-0.25, -0.2) is 9.78 Å². The molecule has 32 heavy (non-hydrogen) atoms. The predicted octanol–water partition coefficient (Wildman–Crippen LogP) is 4.15. The van der Waals surface area contributed by atoms with Crippen molar-refractivity contribution in [2.75, 3.05) is 39.5 Å². The summed E-state index contributed by atoms with van der Waals surface area (Å²) in [4.78, 5) is 20.8. The summed E-state index contributed by atoms with van der Waals surface area (Å²) in [5, 5.41) is 9.29. The summed E-state index contributed by atoms with van der Waals surface area (Å²) in [6, 6.07) is 15.9. The average Bonchev–Trinajstić information content (AvgIpc) is 3.46. The first-order chi connectivity index (χ1) is 15.7. The molecule has 0 aliphatic carbocycles. The van der Waals surface area contributed by atoms with E-state index in [-0.39, 0.29) is 0 Å². The Balaban J connectivity index is 1.45. The van der Waals surface area contributed by atoms with Crippen molar-refractivity contribution in [3.05, 3.63) is 59.8 Å². The highest BCUT2D eigenvalue weighted by Crippen LogP contribution is 2.37. The van der Waals surface area contributed by atoms with Gasteiger partial charge in [0, 0.05) is 25.0 Å². The van der Waals surface area contributed by atoms with Crippen molar-refractivity contribution in [3.63, 3.8) is 0 Å². The molecule has 0 bridgehead atoms. The number of fused-ring (bicyclic) bond motifs is 1. The second-order valence-electron chi connectivity index (χ2n) is 7.72. The first-order valence-electron chi connectivity index (χ1n) is 10.7. The molecule has 1 aliphatic rings. The summed E-state index contributed by atoms with van der Waals surface area (Å²) in [5.41, 5.74) is 4.10. The second-order valence-corrected chi connectivity index (χ2v) is 8.72. The number of aromatic nitrogens is 3. The van der Waals surface area contributed by atoms with E-state index in [0.717, 1.165) is 63.9 Å². The fraction of sp³-hybridized carbons (Fsp3) is 0.292. The maximum absolute atomic E-state index is 13.0. The normalized spacial score (nSPS) is 14.7. The molecule has 5 rings (SSSR count). The van der Waals surface area contributed by atoms with Crippen LogP contribution in [0.15, 0.2) is 48.5 Å². The number of hydrogen-bond donors (Lipinski definition) is 1. The van der Waals surface area contributed by atoms with Crippen LogP contribution in [-0.4, -0.2) is 65.5 Å².